The Hall–Kier alpha value is -2.96. The molecule has 2 amide bonds. The first-order valence-corrected chi connectivity index (χ1v) is 10.2. The smallest absolute Gasteiger partial charge is 0.261 e. The molecular formula is C23H26F2N2O3. The Bertz CT molecular complexity index is 867. The number of nitrogens with one attached hydrogen (secondary N) is 1. The predicted octanol–water partition coefficient (Wildman–Crippen LogP) is 3.82. The van der Waals surface area contributed by atoms with Crippen LogP contribution in [0, 0.1) is 11.6 Å². The number of halogens is 2. The maximum Gasteiger partial charge on any atom is 0.261 e. The van der Waals surface area contributed by atoms with Gasteiger partial charge in [-0.1, -0.05) is 37.1 Å². The Balaban J connectivity index is 1.71. The van der Waals surface area contributed by atoms with Gasteiger partial charge in [0.05, 0.1) is 0 Å². The summed E-state index contributed by atoms with van der Waals surface area (Å²) in [5, 5.41) is 3.00. The lowest BCUT2D eigenvalue weighted by atomic mass is 10.1. The van der Waals surface area contributed by atoms with E-state index in [9.17, 15) is 18.4 Å². The molecule has 1 aliphatic rings. The second-order valence-electron chi connectivity index (χ2n) is 7.53. The first kappa shape index (κ1) is 21.7. The van der Waals surface area contributed by atoms with E-state index in [4.69, 9.17) is 4.74 Å². The van der Waals surface area contributed by atoms with Gasteiger partial charge in [0.2, 0.25) is 5.91 Å². The number of carbonyl (C=O) groups excluding carboxylic acids is 2. The van der Waals surface area contributed by atoms with E-state index in [1.165, 1.54) is 35.2 Å². The molecule has 0 heterocycles. The van der Waals surface area contributed by atoms with Gasteiger partial charge in [0.25, 0.3) is 5.91 Å². The van der Waals surface area contributed by atoms with Crippen LogP contribution < -0.4 is 10.1 Å². The lowest BCUT2D eigenvalue weighted by molar-refractivity contribution is -0.142. The highest BCUT2D eigenvalue weighted by atomic mass is 19.1. The van der Waals surface area contributed by atoms with E-state index in [0.29, 0.717) is 5.56 Å². The van der Waals surface area contributed by atoms with Crippen molar-refractivity contribution in [2.45, 2.75) is 51.2 Å². The summed E-state index contributed by atoms with van der Waals surface area (Å²) >= 11 is 0. The zero-order valence-electron chi connectivity index (χ0n) is 16.9. The van der Waals surface area contributed by atoms with Gasteiger partial charge >= 0.3 is 0 Å². The van der Waals surface area contributed by atoms with Gasteiger partial charge in [-0.2, -0.15) is 0 Å². The van der Waals surface area contributed by atoms with Gasteiger partial charge < -0.3 is 15.0 Å². The first-order chi connectivity index (χ1) is 14.4. The Morgan fingerprint density at radius 1 is 1.10 bits per heavy atom. The summed E-state index contributed by atoms with van der Waals surface area (Å²) in [7, 11) is 0. The van der Waals surface area contributed by atoms with Crippen LogP contribution in [0.2, 0.25) is 0 Å². The van der Waals surface area contributed by atoms with E-state index >= 15 is 0 Å². The number of para-hydroxylation sites is 1. The van der Waals surface area contributed by atoms with Crippen LogP contribution in [0.5, 0.6) is 5.75 Å². The summed E-state index contributed by atoms with van der Waals surface area (Å²) in [5.41, 5.74) is 0.677. The lowest BCUT2D eigenvalue weighted by Gasteiger charge is -2.29. The summed E-state index contributed by atoms with van der Waals surface area (Å²) in [5.74, 6) is -1.69. The fourth-order valence-corrected chi connectivity index (χ4v) is 3.55. The number of amides is 2. The first-order valence-electron chi connectivity index (χ1n) is 10.2. The largest absolute Gasteiger partial charge is 0.481 e. The SMILES string of the molecule is C[C@@H](C(=O)NC1CCCC1)N(Cc1ccc(F)cc1)C(=O)COc1ccccc1F. The van der Waals surface area contributed by atoms with Gasteiger partial charge in [-0.05, 0) is 49.6 Å². The average Bonchev–Trinajstić information content (AvgIpc) is 3.25. The number of benzene rings is 2. The van der Waals surface area contributed by atoms with Crippen molar-refractivity contribution in [3.8, 4) is 5.75 Å². The van der Waals surface area contributed by atoms with E-state index in [1.54, 1.807) is 25.1 Å². The number of ether oxygens (including phenoxy) is 1. The number of nitrogens with zero attached hydrogens (tertiary/aromatic N) is 1. The van der Waals surface area contributed by atoms with Crippen molar-refractivity contribution in [1.29, 1.82) is 0 Å². The van der Waals surface area contributed by atoms with Crippen LogP contribution in [0.1, 0.15) is 38.2 Å². The van der Waals surface area contributed by atoms with Crippen LogP contribution >= 0.6 is 0 Å². The van der Waals surface area contributed by atoms with Crippen molar-refractivity contribution in [2.24, 2.45) is 0 Å². The highest BCUT2D eigenvalue weighted by Gasteiger charge is 2.28. The van der Waals surface area contributed by atoms with Crippen LogP contribution in [0.4, 0.5) is 8.78 Å². The van der Waals surface area contributed by atoms with Gasteiger partial charge in [0.15, 0.2) is 18.2 Å². The molecule has 5 nitrogen and oxygen atoms in total. The minimum atomic E-state index is -0.757. The molecule has 30 heavy (non-hydrogen) atoms. The van der Waals surface area contributed by atoms with Crippen molar-refractivity contribution < 1.29 is 23.1 Å². The van der Waals surface area contributed by atoms with Crippen LogP contribution in [-0.2, 0) is 16.1 Å². The zero-order chi connectivity index (χ0) is 21.5. The average molecular weight is 416 g/mol. The fraction of sp³-hybridized carbons (Fsp3) is 0.391. The molecule has 3 rings (SSSR count). The summed E-state index contributed by atoms with van der Waals surface area (Å²) in [6.45, 7) is 1.34. The molecule has 0 bridgehead atoms. The molecule has 0 aliphatic heterocycles. The molecule has 1 saturated carbocycles. The molecule has 2 aromatic carbocycles. The number of hydrogen-bond donors (Lipinski definition) is 1. The second kappa shape index (κ2) is 10.2. The third-order valence-electron chi connectivity index (χ3n) is 5.32. The number of hydrogen-bond acceptors (Lipinski definition) is 3. The van der Waals surface area contributed by atoms with Crippen molar-refractivity contribution in [2.75, 3.05) is 6.61 Å². The molecule has 160 valence electrons. The predicted molar refractivity (Wildman–Crippen MR) is 109 cm³/mol. The fourth-order valence-electron chi connectivity index (χ4n) is 3.55. The molecule has 7 heteroatoms. The third-order valence-corrected chi connectivity index (χ3v) is 5.32. The van der Waals surface area contributed by atoms with E-state index in [0.717, 1.165) is 25.7 Å². The number of rotatable bonds is 8. The minimum Gasteiger partial charge on any atom is -0.481 e. The molecule has 1 N–H and O–H groups in total. The second-order valence-corrected chi connectivity index (χ2v) is 7.53. The van der Waals surface area contributed by atoms with Gasteiger partial charge in [0, 0.05) is 12.6 Å². The molecule has 1 aliphatic carbocycles. The molecule has 1 atom stereocenters. The minimum absolute atomic E-state index is 0.0318. The topological polar surface area (TPSA) is 58.6 Å². The van der Waals surface area contributed by atoms with Crippen LogP contribution in [0.3, 0.4) is 0 Å². The van der Waals surface area contributed by atoms with E-state index < -0.39 is 24.4 Å². The summed E-state index contributed by atoms with van der Waals surface area (Å²) in [6.07, 6.45) is 4.02. The van der Waals surface area contributed by atoms with Gasteiger partial charge in [-0.25, -0.2) is 8.78 Å². The third kappa shape index (κ3) is 5.78. The highest BCUT2D eigenvalue weighted by Crippen LogP contribution is 2.19. The van der Waals surface area contributed by atoms with Crippen LogP contribution in [0.25, 0.3) is 0 Å². The molecule has 0 radical (unpaired) electrons. The Morgan fingerprint density at radius 3 is 2.43 bits per heavy atom. The van der Waals surface area contributed by atoms with Crippen LogP contribution in [-0.4, -0.2) is 35.4 Å². The normalized spacial score (nSPS) is 14.9. The molecular weight excluding hydrogens is 390 g/mol. The van der Waals surface area contributed by atoms with Gasteiger partial charge in [0.1, 0.15) is 11.9 Å². The molecule has 0 saturated heterocycles. The van der Waals surface area contributed by atoms with Gasteiger partial charge in [-0.15, -0.1) is 0 Å². The quantitative estimate of drug-likeness (QED) is 0.712. The summed E-state index contributed by atoms with van der Waals surface area (Å²) in [6, 6.07) is 10.9. The molecule has 2 aromatic rings. The van der Waals surface area contributed by atoms with Crippen molar-refractivity contribution in [3.63, 3.8) is 0 Å². The van der Waals surface area contributed by atoms with Crippen LogP contribution in [0.15, 0.2) is 48.5 Å². The Labute approximate surface area is 175 Å². The van der Waals surface area contributed by atoms with E-state index in [2.05, 4.69) is 5.32 Å². The monoisotopic (exact) mass is 416 g/mol. The molecule has 0 unspecified atom stereocenters. The lowest BCUT2D eigenvalue weighted by Crippen LogP contribution is -2.50. The standard InChI is InChI=1S/C23H26F2N2O3/c1-16(23(29)26-19-6-2-3-7-19)27(14-17-10-12-18(24)13-11-17)22(28)15-30-21-9-5-4-8-20(21)25/h4-5,8-13,16,19H,2-3,6-7,14-15H2,1H3,(H,26,29)/t16-/m0/s1. The summed E-state index contributed by atoms with van der Waals surface area (Å²) < 4.78 is 32.4. The highest BCUT2D eigenvalue weighted by molar-refractivity contribution is 5.88. The molecule has 0 aromatic heterocycles. The van der Waals surface area contributed by atoms with E-state index in [1.807, 2.05) is 0 Å². The Morgan fingerprint density at radius 2 is 1.77 bits per heavy atom. The van der Waals surface area contributed by atoms with Crippen molar-refractivity contribution in [1.82, 2.24) is 10.2 Å². The van der Waals surface area contributed by atoms with E-state index in [-0.39, 0.29) is 30.1 Å². The zero-order valence-corrected chi connectivity index (χ0v) is 16.9. The maximum atomic E-state index is 13.8. The van der Waals surface area contributed by atoms with Crippen molar-refractivity contribution in [3.05, 3.63) is 65.7 Å². The van der Waals surface area contributed by atoms with Crippen molar-refractivity contribution >= 4 is 11.8 Å². The Kier molecular flexibility index (Phi) is 7.38. The molecule has 0 spiro atoms. The molecule has 1 fully saturated rings. The van der Waals surface area contributed by atoms with Gasteiger partial charge in [-0.3, -0.25) is 9.59 Å². The summed E-state index contributed by atoms with van der Waals surface area (Å²) in [4.78, 5) is 27.0. The number of carbonyl (C=O) groups is 2. The maximum absolute atomic E-state index is 13.8.